The molecule has 0 atom stereocenters. The Labute approximate surface area is 114 Å². The van der Waals surface area contributed by atoms with Gasteiger partial charge in [-0.25, -0.2) is 8.42 Å². The third-order valence-corrected chi connectivity index (χ3v) is 4.05. The standard InChI is InChI=1S/C13H20N2O3S/c1-10(2)11-5-7-12(8-6-11)14-13(16)9-15(3)19(4,17)18/h5-8,10H,9H2,1-4H3,(H,14,16). The van der Waals surface area contributed by atoms with Crippen LogP contribution in [-0.2, 0) is 14.8 Å². The highest BCUT2D eigenvalue weighted by molar-refractivity contribution is 7.88. The van der Waals surface area contributed by atoms with Gasteiger partial charge in [0.15, 0.2) is 0 Å². The number of carbonyl (C=O) groups excluding carboxylic acids is 1. The van der Waals surface area contributed by atoms with Gasteiger partial charge in [-0.3, -0.25) is 4.79 Å². The van der Waals surface area contributed by atoms with Gasteiger partial charge in [0, 0.05) is 12.7 Å². The molecule has 0 unspecified atom stereocenters. The molecular formula is C13H20N2O3S. The number of carbonyl (C=O) groups is 1. The van der Waals surface area contributed by atoms with E-state index in [1.807, 2.05) is 24.3 Å². The van der Waals surface area contributed by atoms with E-state index in [-0.39, 0.29) is 12.5 Å². The number of amides is 1. The normalized spacial score (nSPS) is 11.9. The number of hydrogen-bond donors (Lipinski definition) is 1. The first-order valence-corrected chi connectivity index (χ1v) is 7.86. The molecule has 0 aliphatic carbocycles. The van der Waals surface area contributed by atoms with Crippen LogP contribution in [0.3, 0.4) is 0 Å². The van der Waals surface area contributed by atoms with Gasteiger partial charge in [0.2, 0.25) is 15.9 Å². The smallest absolute Gasteiger partial charge is 0.239 e. The summed E-state index contributed by atoms with van der Waals surface area (Å²) in [6.45, 7) is 3.99. The zero-order chi connectivity index (χ0) is 14.6. The van der Waals surface area contributed by atoms with Crippen molar-refractivity contribution in [3.8, 4) is 0 Å². The first-order valence-electron chi connectivity index (χ1n) is 6.01. The van der Waals surface area contributed by atoms with Crippen molar-refractivity contribution in [2.45, 2.75) is 19.8 Å². The number of nitrogens with one attached hydrogen (secondary N) is 1. The quantitative estimate of drug-likeness (QED) is 0.894. The number of nitrogens with zero attached hydrogens (tertiary/aromatic N) is 1. The van der Waals surface area contributed by atoms with Crippen LogP contribution in [0.1, 0.15) is 25.3 Å². The predicted octanol–water partition coefficient (Wildman–Crippen LogP) is 1.64. The van der Waals surface area contributed by atoms with Crippen molar-refractivity contribution in [1.29, 1.82) is 0 Å². The van der Waals surface area contributed by atoms with Crippen LogP contribution in [0.25, 0.3) is 0 Å². The lowest BCUT2D eigenvalue weighted by atomic mass is 10.0. The summed E-state index contributed by atoms with van der Waals surface area (Å²) >= 11 is 0. The number of sulfonamides is 1. The van der Waals surface area contributed by atoms with Crippen molar-refractivity contribution in [2.24, 2.45) is 0 Å². The molecule has 0 fully saturated rings. The van der Waals surface area contributed by atoms with Crippen LogP contribution >= 0.6 is 0 Å². The topological polar surface area (TPSA) is 66.5 Å². The molecule has 1 N–H and O–H groups in total. The Morgan fingerprint density at radius 2 is 1.79 bits per heavy atom. The maximum Gasteiger partial charge on any atom is 0.239 e. The van der Waals surface area contributed by atoms with Gasteiger partial charge in [-0.1, -0.05) is 26.0 Å². The SMILES string of the molecule is CC(C)c1ccc(NC(=O)CN(C)S(C)(=O)=O)cc1. The molecule has 0 aromatic heterocycles. The number of anilines is 1. The summed E-state index contributed by atoms with van der Waals surface area (Å²) in [7, 11) is -1.96. The Bertz CT molecular complexity index is 536. The van der Waals surface area contributed by atoms with Crippen molar-refractivity contribution in [3.05, 3.63) is 29.8 Å². The van der Waals surface area contributed by atoms with E-state index in [0.29, 0.717) is 11.6 Å². The van der Waals surface area contributed by atoms with E-state index in [4.69, 9.17) is 0 Å². The van der Waals surface area contributed by atoms with E-state index in [2.05, 4.69) is 19.2 Å². The minimum atomic E-state index is -3.34. The highest BCUT2D eigenvalue weighted by Crippen LogP contribution is 2.17. The average molecular weight is 284 g/mol. The minimum Gasteiger partial charge on any atom is -0.325 e. The molecule has 1 rings (SSSR count). The van der Waals surface area contributed by atoms with Gasteiger partial charge in [0.1, 0.15) is 0 Å². The number of likely N-dealkylation sites (N-methyl/N-ethyl adjacent to an activating group) is 1. The Morgan fingerprint density at radius 1 is 1.26 bits per heavy atom. The Hall–Kier alpha value is -1.40. The molecule has 0 aliphatic heterocycles. The van der Waals surface area contributed by atoms with Crippen molar-refractivity contribution < 1.29 is 13.2 Å². The molecule has 1 amide bonds. The monoisotopic (exact) mass is 284 g/mol. The molecule has 1 aromatic rings. The van der Waals surface area contributed by atoms with Crippen LogP contribution in [0.5, 0.6) is 0 Å². The van der Waals surface area contributed by atoms with Gasteiger partial charge in [-0.2, -0.15) is 4.31 Å². The largest absolute Gasteiger partial charge is 0.325 e. The molecule has 0 bridgehead atoms. The van der Waals surface area contributed by atoms with Crippen molar-refractivity contribution >= 4 is 21.6 Å². The fraction of sp³-hybridized carbons (Fsp3) is 0.462. The summed E-state index contributed by atoms with van der Waals surface area (Å²) < 4.78 is 23.4. The Balaban J connectivity index is 2.62. The van der Waals surface area contributed by atoms with Crippen molar-refractivity contribution in [3.63, 3.8) is 0 Å². The first-order chi connectivity index (χ1) is 8.70. The first kappa shape index (κ1) is 15.7. The van der Waals surface area contributed by atoms with E-state index in [9.17, 15) is 13.2 Å². The minimum absolute atomic E-state index is 0.190. The van der Waals surface area contributed by atoms with Gasteiger partial charge >= 0.3 is 0 Å². The molecule has 0 heterocycles. The number of benzene rings is 1. The molecule has 5 nitrogen and oxygen atoms in total. The summed E-state index contributed by atoms with van der Waals surface area (Å²) in [4.78, 5) is 11.7. The Kier molecular flexibility index (Phi) is 5.08. The highest BCUT2D eigenvalue weighted by atomic mass is 32.2. The molecule has 0 saturated heterocycles. The molecule has 0 saturated carbocycles. The molecule has 0 aliphatic rings. The maximum atomic E-state index is 11.7. The third-order valence-electron chi connectivity index (χ3n) is 2.79. The fourth-order valence-corrected chi connectivity index (χ4v) is 1.82. The predicted molar refractivity (Wildman–Crippen MR) is 76.6 cm³/mol. The number of rotatable bonds is 5. The van der Waals surface area contributed by atoms with E-state index in [0.717, 1.165) is 10.6 Å². The van der Waals surface area contributed by atoms with Crippen LogP contribution in [-0.4, -0.2) is 38.5 Å². The van der Waals surface area contributed by atoms with Crippen molar-refractivity contribution in [2.75, 3.05) is 25.2 Å². The second kappa shape index (κ2) is 6.16. The second-order valence-corrected chi connectivity index (χ2v) is 6.93. The molecule has 0 spiro atoms. The van der Waals surface area contributed by atoms with E-state index in [1.165, 1.54) is 12.6 Å². The summed E-state index contributed by atoms with van der Waals surface area (Å²) in [6, 6.07) is 7.52. The van der Waals surface area contributed by atoms with Crippen LogP contribution in [0.15, 0.2) is 24.3 Å². The lowest BCUT2D eigenvalue weighted by molar-refractivity contribution is -0.116. The van der Waals surface area contributed by atoms with Gasteiger partial charge < -0.3 is 5.32 Å². The van der Waals surface area contributed by atoms with Gasteiger partial charge in [-0.05, 0) is 23.6 Å². The van der Waals surface area contributed by atoms with Crippen molar-refractivity contribution in [1.82, 2.24) is 4.31 Å². The summed E-state index contributed by atoms with van der Waals surface area (Å²) in [5.74, 6) is 0.0753. The third kappa shape index (κ3) is 5.00. The van der Waals surface area contributed by atoms with Crippen LogP contribution in [0, 0.1) is 0 Å². The fourth-order valence-electron chi connectivity index (χ4n) is 1.47. The van der Waals surface area contributed by atoms with E-state index < -0.39 is 10.0 Å². The van der Waals surface area contributed by atoms with Crippen LogP contribution < -0.4 is 5.32 Å². The molecular weight excluding hydrogens is 264 g/mol. The maximum absolute atomic E-state index is 11.7. The number of hydrogen-bond acceptors (Lipinski definition) is 3. The molecule has 106 valence electrons. The Morgan fingerprint density at radius 3 is 2.21 bits per heavy atom. The highest BCUT2D eigenvalue weighted by Gasteiger charge is 2.15. The summed E-state index contributed by atoms with van der Waals surface area (Å²) in [5, 5.41) is 2.67. The average Bonchev–Trinajstić information content (AvgIpc) is 2.28. The second-order valence-electron chi connectivity index (χ2n) is 4.84. The summed E-state index contributed by atoms with van der Waals surface area (Å²) in [5.41, 5.74) is 1.85. The van der Waals surface area contributed by atoms with Gasteiger partial charge in [0.25, 0.3) is 0 Å². The van der Waals surface area contributed by atoms with E-state index >= 15 is 0 Å². The van der Waals surface area contributed by atoms with E-state index in [1.54, 1.807) is 0 Å². The molecule has 6 heteroatoms. The molecule has 0 radical (unpaired) electrons. The van der Waals surface area contributed by atoms with Gasteiger partial charge in [-0.15, -0.1) is 0 Å². The lowest BCUT2D eigenvalue weighted by Gasteiger charge is -2.14. The van der Waals surface area contributed by atoms with Gasteiger partial charge in [0.05, 0.1) is 12.8 Å². The lowest BCUT2D eigenvalue weighted by Crippen LogP contribution is -2.34. The van der Waals surface area contributed by atoms with Crippen LogP contribution in [0.2, 0.25) is 0 Å². The molecule has 1 aromatic carbocycles. The molecule has 19 heavy (non-hydrogen) atoms. The zero-order valence-electron chi connectivity index (χ0n) is 11.7. The zero-order valence-corrected chi connectivity index (χ0v) is 12.5. The summed E-state index contributed by atoms with van der Waals surface area (Å²) in [6.07, 6.45) is 1.07. The van der Waals surface area contributed by atoms with Crippen LogP contribution in [0.4, 0.5) is 5.69 Å².